The number of nitrogens with zero attached hydrogens (tertiary/aromatic N) is 1. The zero-order valence-electron chi connectivity index (χ0n) is 12.3. The fourth-order valence-electron chi connectivity index (χ4n) is 1.68. The SMILES string of the molecule is CC(C)NC(=O)NCCN(c1ccc(Cl)cc1)S(C)(=O)=O. The molecular weight excluding hydrogens is 314 g/mol. The van der Waals surface area contributed by atoms with E-state index in [4.69, 9.17) is 11.6 Å². The number of nitrogens with one attached hydrogen (secondary N) is 2. The molecule has 0 saturated heterocycles. The van der Waals surface area contributed by atoms with E-state index in [0.29, 0.717) is 10.7 Å². The van der Waals surface area contributed by atoms with Crippen LogP contribution in [0.3, 0.4) is 0 Å². The minimum atomic E-state index is -3.43. The second-order valence-electron chi connectivity index (χ2n) is 4.87. The predicted molar refractivity (Wildman–Crippen MR) is 85.3 cm³/mol. The summed E-state index contributed by atoms with van der Waals surface area (Å²) in [5.74, 6) is 0. The average Bonchev–Trinajstić information content (AvgIpc) is 2.34. The normalized spacial score (nSPS) is 11.3. The zero-order valence-corrected chi connectivity index (χ0v) is 13.8. The van der Waals surface area contributed by atoms with Gasteiger partial charge in [-0.15, -0.1) is 0 Å². The molecule has 0 saturated carbocycles. The summed E-state index contributed by atoms with van der Waals surface area (Å²) in [6.45, 7) is 4.03. The summed E-state index contributed by atoms with van der Waals surface area (Å²) in [6, 6.07) is 6.18. The number of anilines is 1. The van der Waals surface area contributed by atoms with Crippen LogP contribution in [0.5, 0.6) is 0 Å². The van der Waals surface area contributed by atoms with E-state index in [1.807, 2.05) is 13.8 Å². The molecule has 118 valence electrons. The van der Waals surface area contributed by atoms with Crippen molar-refractivity contribution in [3.05, 3.63) is 29.3 Å². The van der Waals surface area contributed by atoms with Gasteiger partial charge < -0.3 is 10.6 Å². The highest BCUT2D eigenvalue weighted by atomic mass is 35.5. The lowest BCUT2D eigenvalue weighted by atomic mass is 10.3. The number of rotatable bonds is 6. The third kappa shape index (κ3) is 6.22. The summed E-state index contributed by atoms with van der Waals surface area (Å²) in [5, 5.41) is 5.81. The van der Waals surface area contributed by atoms with Crippen LogP contribution in [0.25, 0.3) is 0 Å². The van der Waals surface area contributed by atoms with E-state index < -0.39 is 10.0 Å². The first kappa shape index (κ1) is 17.6. The van der Waals surface area contributed by atoms with Crippen molar-refractivity contribution < 1.29 is 13.2 Å². The van der Waals surface area contributed by atoms with Crippen LogP contribution in [0.15, 0.2) is 24.3 Å². The van der Waals surface area contributed by atoms with Crippen molar-refractivity contribution in [1.82, 2.24) is 10.6 Å². The van der Waals surface area contributed by atoms with Crippen molar-refractivity contribution in [2.75, 3.05) is 23.7 Å². The van der Waals surface area contributed by atoms with Crippen LogP contribution in [0.4, 0.5) is 10.5 Å². The average molecular weight is 334 g/mol. The molecule has 1 aromatic carbocycles. The first-order valence-electron chi connectivity index (χ1n) is 6.48. The van der Waals surface area contributed by atoms with Gasteiger partial charge in [0, 0.05) is 17.6 Å². The van der Waals surface area contributed by atoms with Gasteiger partial charge in [0.1, 0.15) is 0 Å². The van der Waals surface area contributed by atoms with Crippen molar-refractivity contribution >= 4 is 33.3 Å². The maximum atomic E-state index is 11.8. The van der Waals surface area contributed by atoms with Crippen LogP contribution < -0.4 is 14.9 Å². The molecule has 0 aliphatic carbocycles. The van der Waals surface area contributed by atoms with E-state index in [2.05, 4.69) is 10.6 Å². The molecule has 6 nitrogen and oxygen atoms in total. The van der Waals surface area contributed by atoms with Crippen molar-refractivity contribution in [2.24, 2.45) is 0 Å². The van der Waals surface area contributed by atoms with Crippen LogP contribution in [0.2, 0.25) is 5.02 Å². The van der Waals surface area contributed by atoms with Crippen molar-refractivity contribution in [3.63, 3.8) is 0 Å². The first-order valence-corrected chi connectivity index (χ1v) is 8.70. The van der Waals surface area contributed by atoms with Crippen molar-refractivity contribution in [3.8, 4) is 0 Å². The van der Waals surface area contributed by atoms with E-state index >= 15 is 0 Å². The van der Waals surface area contributed by atoms with Gasteiger partial charge in [0.25, 0.3) is 0 Å². The monoisotopic (exact) mass is 333 g/mol. The quantitative estimate of drug-likeness (QED) is 0.833. The third-order valence-corrected chi connectivity index (χ3v) is 3.98. The fraction of sp³-hybridized carbons (Fsp3) is 0.462. The first-order chi connectivity index (χ1) is 9.70. The van der Waals surface area contributed by atoms with Crippen LogP contribution in [-0.4, -0.2) is 39.8 Å². The number of sulfonamides is 1. The highest BCUT2D eigenvalue weighted by molar-refractivity contribution is 7.92. The van der Waals surface area contributed by atoms with E-state index in [1.54, 1.807) is 24.3 Å². The Morgan fingerprint density at radius 1 is 1.29 bits per heavy atom. The number of carbonyl (C=O) groups excluding carboxylic acids is 1. The van der Waals surface area contributed by atoms with Gasteiger partial charge in [0.05, 0.1) is 18.5 Å². The number of carbonyl (C=O) groups is 1. The Labute approximate surface area is 130 Å². The Kier molecular flexibility index (Phi) is 6.29. The molecule has 8 heteroatoms. The molecule has 0 heterocycles. The summed E-state index contributed by atoms with van der Waals surface area (Å²) in [6.07, 6.45) is 1.12. The zero-order chi connectivity index (χ0) is 16.0. The molecule has 1 aromatic rings. The summed E-state index contributed by atoms with van der Waals surface area (Å²) in [5.41, 5.74) is 0.507. The Hall–Kier alpha value is -1.47. The Morgan fingerprint density at radius 3 is 2.33 bits per heavy atom. The molecule has 2 N–H and O–H groups in total. The number of halogens is 1. The largest absolute Gasteiger partial charge is 0.336 e. The number of benzene rings is 1. The number of hydrogen-bond acceptors (Lipinski definition) is 3. The highest BCUT2D eigenvalue weighted by Crippen LogP contribution is 2.19. The summed E-state index contributed by atoms with van der Waals surface area (Å²) in [7, 11) is -3.43. The molecule has 0 atom stereocenters. The van der Waals surface area contributed by atoms with Gasteiger partial charge in [-0.25, -0.2) is 13.2 Å². The topological polar surface area (TPSA) is 78.5 Å². The minimum absolute atomic E-state index is 0.0206. The molecule has 21 heavy (non-hydrogen) atoms. The smallest absolute Gasteiger partial charge is 0.315 e. The highest BCUT2D eigenvalue weighted by Gasteiger charge is 2.17. The molecule has 1 rings (SSSR count). The van der Waals surface area contributed by atoms with Crippen LogP contribution in [0, 0.1) is 0 Å². The molecule has 0 unspecified atom stereocenters. The standard InChI is InChI=1S/C13H20ClN3O3S/c1-10(2)16-13(18)15-8-9-17(21(3,19)20)12-6-4-11(14)5-7-12/h4-7,10H,8-9H2,1-3H3,(H2,15,16,18). The predicted octanol–water partition coefficient (Wildman–Crippen LogP) is 1.81. The van der Waals surface area contributed by atoms with Gasteiger partial charge in [-0.05, 0) is 38.1 Å². The summed E-state index contributed by atoms with van der Waals surface area (Å²) < 4.78 is 24.9. The van der Waals surface area contributed by atoms with Crippen LogP contribution in [-0.2, 0) is 10.0 Å². The lowest BCUT2D eigenvalue weighted by molar-refractivity contribution is 0.239. The van der Waals surface area contributed by atoms with Gasteiger partial charge in [0.2, 0.25) is 10.0 Å². The maximum Gasteiger partial charge on any atom is 0.315 e. The lowest BCUT2D eigenvalue weighted by Gasteiger charge is -2.22. The molecule has 2 amide bonds. The van der Waals surface area contributed by atoms with Gasteiger partial charge >= 0.3 is 6.03 Å². The second-order valence-corrected chi connectivity index (χ2v) is 7.21. The minimum Gasteiger partial charge on any atom is -0.336 e. The Bertz CT molecular complexity index is 573. The van der Waals surface area contributed by atoms with E-state index in [0.717, 1.165) is 6.26 Å². The molecular formula is C13H20ClN3O3S. The van der Waals surface area contributed by atoms with Gasteiger partial charge in [-0.1, -0.05) is 11.6 Å². The van der Waals surface area contributed by atoms with Crippen molar-refractivity contribution in [1.29, 1.82) is 0 Å². The maximum absolute atomic E-state index is 11.8. The van der Waals surface area contributed by atoms with Gasteiger partial charge in [-0.2, -0.15) is 0 Å². The van der Waals surface area contributed by atoms with Crippen molar-refractivity contribution in [2.45, 2.75) is 19.9 Å². The Balaban J connectivity index is 2.69. The Morgan fingerprint density at radius 2 is 1.86 bits per heavy atom. The molecule has 0 aliphatic heterocycles. The van der Waals surface area contributed by atoms with E-state index in [9.17, 15) is 13.2 Å². The number of hydrogen-bond donors (Lipinski definition) is 2. The second kappa shape index (κ2) is 7.51. The molecule has 0 spiro atoms. The van der Waals surface area contributed by atoms with Gasteiger partial charge in [-0.3, -0.25) is 4.31 Å². The summed E-state index contributed by atoms with van der Waals surface area (Å²) >= 11 is 5.79. The third-order valence-electron chi connectivity index (χ3n) is 2.54. The van der Waals surface area contributed by atoms with Crippen LogP contribution in [0.1, 0.15) is 13.8 Å². The van der Waals surface area contributed by atoms with E-state index in [1.165, 1.54) is 4.31 Å². The number of urea groups is 1. The molecule has 0 aromatic heterocycles. The molecule has 0 radical (unpaired) electrons. The fourth-order valence-corrected chi connectivity index (χ4v) is 2.73. The van der Waals surface area contributed by atoms with Crippen LogP contribution >= 0.6 is 11.6 Å². The molecule has 0 bridgehead atoms. The molecule has 0 fully saturated rings. The van der Waals surface area contributed by atoms with Gasteiger partial charge in [0.15, 0.2) is 0 Å². The number of amides is 2. The summed E-state index contributed by atoms with van der Waals surface area (Å²) in [4.78, 5) is 11.5. The lowest BCUT2D eigenvalue weighted by Crippen LogP contribution is -2.43. The molecule has 0 aliphatic rings. The van der Waals surface area contributed by atoms with E-state index in [-0.39, 0.29) is 25.2 Å².